The number of hydrogen-bond acceptors (Lipinski definition) is 4. The summed E-state index contributed by atoms with van der Waals surface area (Å²) in [6.07, 6.45) is 1.00. The average molecular weight is 254 g/mol. The Morgan fingerprint density at radius 3 is 2.82 bits per heavy atom. The maximum Gasteiger partial charge on any atom is 0.274 e. The number of hydrogen-bond donors (Lipinski definition) is 1. The summed E-state index contributed by atoms with van der Waals surface area (Å²) in [5.41, 5.74) is 1.08. The number of nitrogens with zero attached hydrogens (tertiary/aromatic N) is 2. The van der Waals surface area contributed by atoms with Crippen molar-refractivity contribution in [2.24, 2.45) is 0 Å². The van der Waals surface area contributed by atoms with Crippen molar-refractivity contribution in [1.82, 2.24) is 10.2 Å². The van der Waals surface area contributed by atoms with Gasteiger partial charge in [0, 0.05) is 24.7 Å². The predicted octanol–water partition coefficient (Wildman–Crippen LogP) is 1.82. The molecule has 1 aromatic carbocycles. The summed E-state index contributed by atoms with van der Waals surface area (Å²) in [5, 5.41) is 14.1. The minimum absolute atomic E-state index is 0.442. The van der Waals surface area contributed by atoms with Gasteiger partial charge in [-0.25, -0.2) is 0 Å². The second-order valence-electron chi connectivity index (χ2n) is 3.77. The summed E-state index contributed by atoms with van der Waals surface area (Å²) in [7, 11) is 0. The van der Waals surface area contributed by atoms with Gasteiger partial charge in [-0.15, -0.1) is 0 Å². The second kappa shape index (κ2) is 5.05. The molecule has 0 bridgehead atoms. The molecule has 1 N–H and O–H groups in total. The highest BCUT2D eigenvalue weighted by Crippen LogP contribution is 2.15. The molecule has 1 aromatic rings. The van der Waals surface area contributed by atoms with Crippen LogP contribution in [0.1, 0.15) is 5.56 Å². The summed E-state index contributed by atoms with van der Waals surface area (Å²) < 4.78 is 0. The fourth-order valence-electron chi connectivity index (χ4n) is 1.75. The summed E-state index contributed by atoms with van der Waals surface area (Å²) in [6.45, 7) is 2.14. The maximum atomic E-state index is 10.4. The molecule has 1 fully saturated rings. The Balaban J connectivity index is 2.07. The average Bonchev–Trinajstić information content (AvgIpc) is 2.68. The third kappa shape index (κ3) is 3.10. The SMILES string of the molecule is O=[N+]([O-])C=C1NCCN1Cc1ccc(Cl)cc1. The van der Waals surface area contributed by atoms with Crippen molar-refractivity contribution in [3.05, 3.63) is 57.0 Å². The van der Waals surface area contributed by atoms with E-state index in [2.05, 4.69) is 5.32 Å². The van der Waals surface area contributed by atoms with Crippen LogP contribution >= 0.6 is 11.6 Å². The predicted molar refractivity (Wildman–Crippen MR) is 64.9 cm³/mol. The van der Waals surface area contributed by atoms with Crippen LogP contribution in [0.3, 0.4) is 0 Å². The monoisotopic (exact) mass is 253 g/mol. The van der Waals surface area contributed by atoms with Crippen LogP contribution < -0.4 is 5.32 Å². The first kappa shape index (κ1) is 11.7. The van der Waals surface area contributed by atoms with Crippen LogP contribution in [0.15, 0.2) is 36.3 Å². The van der Waals surface area contributed by atoms with Crippen LogP contribution in [0, 0.1) is 10.1 Å². The van der Waals surface area contributed by atoms with Gasteiger partial charge in [-0.3, -0.25) is 10.1 Å². The molecule has 2 rings (SSSR count). The van der Waals surface area contributed by atoms with E-state index in [0.717, 1.165) is 24.9 Å². The Morgan fingerprint density at radius 2 is 2.18 bits per heavy atom. The van der Waals surface area contributed by atoms with Crippen molar-refractivity contribution >= 4 is 11.6 Å². The van der Waals surface area contributed by atoms with Gasteiger partial charge >= 0.3 is 0 Å². The van der Waals surface area contributed by atoms with E-state index >= 15 is 0 Å². The number of halogens is 1. The first-order chi connectivity index (χ1) is 8.15. The lowest BCUT2D eigenvalue weighted by molar-refractivity contribution is -0.404. The zero-order valence-corrected chi connectivity index (χ0v) is 9.85. The lowest BCUT2D eigenvalue weighted by Crippen LogP contribution is -2.20. The van der Waals surface area contributed by atoms with Gasteiger partial charge < -0.3 is 10.2 Å². The fourth-order valence-corrected chi connectivity index (χ4v) is 1.88. The van der Waals surface area contributed by atoms with Crippen LogP contribution in [0.4, 0.5) is 0 Å². The molecule has 0 saturated carbocycles. The molecule has 5 nitrogen and oxygen atoms in total. The molecule has 0 spiro atoms. The van der Waals surface area contributed by atoms with Crippen LogP contribution in [0.2, 0.25) is 5.02 Å². The van der Waals surface area contributed by atoms with Crippen molar-refractivity contribution in [1.29, 1.82) is 0 Å². The molecule has 0 aromatic heterocycles. The van der Waals surface area contributed by atoms with E-state index in [-0.39, 0.29) is 0 Å². The molecule has 6 heteroatoms. The van der Waals surface area contributed by atoms with Crippen LogP contribution in [-0.2, 0) is 6.54 Å². The molecular formula is C11H12ClN3O2. The second-order valence-corrected chi connectivity index (χ2v) is 4.21. The topological polar surface area (TPSA) is 58.4 Å². The first-order valence-corrected chi connectivity index (χ1v) is 5.61. The number of nitrogens with one attached hydrogen (secondary N) is 1. The number of nitro groups is 1. The zero-order valence-electron chi connectivity index (χ0n) is 9.10. The molecule has 1 aliphatic heterocycles. The third-order valence-electron chi connectivity index (χ3n) is 2.54. The fraction of sp³-hybridized carbons (Fsp3) is 0.273. The van der Waals surface area contributed by atoms with Crippen molar-refractivity contribution in [2.75, 3.05) is 13.1 Å². The molecule has 1 aliphatic rings. The van der Waals surface area contributed by atoms with Gasteiger partial charge in [0.1, 0.15) is 0 Å². The van der Waals surface area contributed by atoms with Gasteiger partial charge in [0.15, 0.2) is 5.82 Å². The van der Waals surface area contributed by atoms with E-state index in [1.807, 2.05) is 29.2 Å². The standard InChI is InChI=1S/C11H12ClN3O2/c12-10-3-1-9(2-4-10)7-14-6-5-13-11(14)8-15(16)17/h1-4,8,13H,5-7H2. The highest BCUT2D eigenvalue weighted by atomic mass is 35.5. The van der Waals surface area contributed by atoms with E-state index in [9.17, 15) is 10.1 Å². The van der Waals surface area contributed by atoms with E-state index in [0.29, 0.717) is 17.4 Å². The van der Waals surface area contributed by atoms with Gasteiger partial charge in [0.05, 0.1) is 4.92 Å². The maximum absolute atomic E-state index is 10.4. The molecular weight excluding hydrogens is 242 g/mol. The Kier molecular flexibility index (Phi) is 3.49. The van der Waals surface area contributed by atoms with Crippen LogP contribution in [0.25, 0.3) is 0 Å². The Labute approximate surface area is 104 Å². The lowest BCUT2D eigenvalue weighted by atomic mass is 10.2. The molecule has 0 amide bonds. The summed E-state index contributed by atoms with van der Waals surface area (Å²) in [5.74, 6) is 0.560. The smallest absolute Gasteiger partial charge is 0.274 e. The van der Waals surface area contributed by atoms with Gasteiger partial charge in [-0.1, -0.05) is 23.7 Å². The van der Waals surface area contributed by atoms with Crippen molar-refractivity contribution in [3.63, 3.8) is 0 Å². The molecule has 1 heterocycles. The Bertz CT molecular complexity index is 445. The molecule has 17 heavy (non-hydrogen) atoms. The van der Waals surface area contributed by atoms with E-state index in [4.69, 9.17) is 11.6 Å². The van der Waals surface area contributed by atoms with Gasteiger partial charge in [0.2, 0.25) is 0 Å². The van der Waals surface area contributed by atoms with Gasteiger partial charge in [-0.2, -0.15) is 0 Å². The minimum Gasteiger partial charge on any atom is -0.365 e. The Hall–Kier alpha value is -1.75. The molecule has 0 atom stereocenters. The lowest BCUT2D eigenvalue weighted by Gasteiger charge is -2.16. The quantitative estimate of drug-likeness (QED) is 0.659. The highest BCUT2D eigenvalue weighted by Gasteiger charge is 2.19. The molecule has 90 valence electrons. The normalized spacial score (nSPS) is 17.2. The Morgan fingerprint density at radius 1 is 1.47 bits per heavy atom. The van der Waals surface area contributed by atoms with Gasteiger partial charge in [0.25, 0.3) is 6.20 Å². The van der Waals surface area contributed by atoms with E-state index in [1.54, 1.807) is 0 Å². The van der Waals surface area contributed by atoms with E-state index in [1.165, 1.54) is 0 Å². The molecule has 0 radical (unpaired) electrons. The number of benzene rings is 1. The van der Waals surface area contributed by atoms with Crippen molar-refractivity contribution < 1.29 is 4.92 Å². The molecule has 0 unspecified atom stereocenters. The minimum atomic E-state index is -0.442. The van der Waals surface area contributed by atoms with Crippen LogP contribution in [-0.4, -0.2) is 22.9 Å². The first-order valence-electron chi connectivity index (χ1n) is 5.24. The summed E-state index contributed by atoms with van der Waals surface area (Å²) >= 11 is 5.80. The number of rotatable bonds is 3. The van der Waals surface area contributed by atoms with Gasteiger partial charge in [-0.05, 0) is 17.7 Å². The summed E-state index contributed by atoms with van der Waals surface area (Å²) in [6, 6.07) is 7.48. The van der Waals surface area contributed by atoms with Crippen molar-refractivity contribution in [3.8, 4) is 0 Å². The van der Waals surface area contributed by atoms with Crippen LogP contribution in [0.5, 0.6) is 0 Å². The third-order valence-corrected chi connectivity index (χ3v) is 2.79. The largest absolute Gasteiger partial charge is 0.365 e. The van der Waals surface area contributed by atoms with E-state index < -0.39 is 4.92 Å². The summed E-state index contributed by atoms with van der Waals surface area (Å²) in [4.78, 5) is 11.9. The van der Waals surface area contributed by atoms with Crippen molar-refractivity contribution in [2.45, 2.75) is 6.54 Å². The highest BCUT2D eigenvalue weighted by molar-refractivity contribution is 6.30. The molecule has 0 aliphatic carbocycles. The zero-order chi connectivity index (χ0) is 12.3. The molecule has 1 saturated heterocycles.